The SMILES string of the molecule is O=C(O)C1=CONN=C1. The zero-order valence-electron chi connectivity index (χ0n) is 4.37. The van der Waals surface area contributed by atoms with Crippen LogP contribution in [0.2, 0.25) is 0 Å². The number of aliphatic carboxylic acids is 1. The molecule has 5 heteroatoms. The van der Waals surface area contributed by atoms with Gasteiger partial charge >= 0.3 is 5.97 Å². The summed E-state index contributed by atoms with van der Waals surface area (Å²) < 4.78 is 0. The third-order valence-corrected chi connectivity index (χ3v) is 0.742. The molecule has 1 aliphatic rings. The van der Waals surface area contributed by atoms with Gasteiger partial charge in [0.15, 0.2) is 0 Å². The van der Waals surface area contributed by atoms with Crippen LogP contribution in [0.3, 0.4) is 0 Å². The second kappa shape index (κ2) is 2.17. The topological polar surface area (TPSA) is 70.9 Å². The molecule has 0 aromatic rings. The lowest BCUT2D eigenvalue weighted by molar-refractivity contribution is -0.132. The van der Waals surface area contributed by atoms with Crippen molar-refractivity contribution in [1.82, 2.24) is 5.59 Å². The first-order chi connectivity index (χ1) is 4.30. The van der Waals surface area contributed by atoms with Crippen LogP contribution in [0, 0.1) is 0 Å². The highest BCUT2D eigenvalue weighted by Crippen LogP contribution is 1.93. The van der Waals surface area contributed by atoms with Crippen LogP contribution < -0.4 is 5.59 Å². The molecule has 0 fully saturated rings. The molecule has 1 heterocycles. The number of rotatable bonds is 1. The molecule has 0 saturated heterocycles. The molecule has 0 aromatic carbocycles. The molecule has 0 amide bonds. The molecule has 9 heavy (non-hydrogen) atoms. The van der Waals surface area contributed by atoms with Crippen molar-refractivity contribution in [3.8, 4) is 0 Å². The van der Waals surface area contributed by atoms with E-state index in [-0.39, 0.29) is 5.57 Å². The average Bonchev–Trinajstić information content (AvgIpc) is 1.90. The fourth-order valence-corrected chi connectivity index (χ4v) is 0.352. The minimum Gasteiger partial charge on any atom is -0.478 e. The number of carboxylic acid groups (broad SMARTS) is 1. The first-order valence-corrected chi connectivity index (χ1v) is 2.18. The van der Waals surface area contributed by atoms with E-state index in [1.165, 1.54) is 0 Å². The molecule has 0 bridgehead atoms. The van der Waals surface area contributed by atoms with Crippen LogP contribution >= 0.6 is 0 Å². The van der Waals surface area contributed by atoms with Crippen LogP contribution in [0.25, 0.3) is 0 Å². The first kappa shape index (κ1) is 5.61. The van der Waals surface area contributed by atoms with Crippen LogP contribution in [0.5, 0.6) is 0 Å². The van der Waals surface area contributed by atoms with E-state index in [1.54, 1.807) is 0 Å². The molecule has 0 unspecified atom stereocenters. The van der Waals surface area contributed by atoms with Crippen LogP contribution in [0.15, 0.2) is 16.9 Å². The lowest BCUT2D eigenvalue weighted by atomic mass is 10.3. The van der Waals surface area contributed by atoms with E-state index in [4.69, 9.17) is 5.11 Å². The molecule has 1 rings (SSSR count). The number of carbonyl (C=O) groups is 1. The first-order valence-electron chi connectivity index (χ1n) is 2.18. The summed E-state index contributed by atoms with van der Waals surface area (Å²) in [6, 6.07) is 0. The fraction of sp³-hybridized carbons (Fsp3) is 0. The van der Waals surface area contributed by atoms with Gasteiger partial charge in [-0.05, 0) is 0 Å². The molecule has 0 spiro atoms. The Bertz CT molecular complexity index is 184. The summed E-state index contributed by atoms with van der Waals surface area (Å²) in [4.78, 5) is 14.4. The Morgan fingerprint density at radius 2 is 2.67 bits per heavy atom. The molecular weight excluding hydrogens is 124 g/mol. The Balaban J connectivity index is 2.69. The Morgan fingerprint density at radius 3 is 3.00 bits per heavy atom. The van der Waals surface area contributed by atoms with Crippen molar-refractivity contribution in [2.24, 2.45) is 5.10 Å². The molecule has 1 aliphatic heterocycles. The Hall–Kier alpha value is -1.52. The standard InChI is InChI=1S/C4H4N2O3/c7-4(8)3-1-5-6-9-2-3/h1-2,6H,(H,7,8). The van der Waals surface area contributed by atoms with Crippen molar-refractivity contribution in [3.63, 3.8) is 0 Å². The van der Waals surface area contributed by atoms with Crippen LogP contribution in [0.1, 0.15) is 0 Å². The van der Waals surface area contributed by atoms with Crippen molar-refractivity contribution in [1.29, 1.82) is 0 Å². The number of nitrogens with zero attached hydrogens (tertiary/aromatic N) is 1. The van der Waals surface area contributed by atoms with Gasteiger partial charge in [0.25, 0.3) is 0 Å². The van der Waals surface area contributed by atoms with Crippen molar-refractivity contribution in [2.45, 2.75) is 0 Å². The highest BCUT2D eigenvalue weighted by Gasteiger charge is 2.06. The van der Waals surface area contributed by atoms with Gasteiger partial charge in [0.2, 0.25) is 0 Å². The van der Waals surface area contributed by atoms with Crippen molar-refractivity contribution in [2.75, 3.05) is 0 Å². The van der Waals surface area contributed by atoms with Gasteiger partial charge in [0.05, 0.1) is 6.21 Å². The number of nitrogens with one attached hydrogen (secondary N) is 1. The third kappa shape index (κ3) is 1.18. The number of hydrazone groups is 1. The Labute approximate surface area is 50.6 Å². The summed E-state index contributed by atoms with van der Waals surface area (Å²) in [7, 11) is 0. The molecule has 0 aromatic heterocycles. The lowest BCUT2D eigenvalue weighted by Crippen LogP contribution is -2.13. The molecule has 0 aliphatic carbocycles. The van der Waals surface area contributed by atoms with E-state index in [0.717, 1.165) is 12.5 Å². The second-order valence-corrected chi connectivity index (χ2v) is 1.35. The quantitative estimate of drug-likeness (QED) is 0.498. The van der Waals surface area contributed by atoms with Gasteiger partial charge in [0.1, 0.15) is 11.8 Å². The van der Waals surface area contributed by atoms with Gasteiger partial charge in [-0.15, -0.1) is 5.59 Å². The molecule has 0 saturated carbocycles. The van der Waals surface area contributed by atoms with E-state index < -0.39 is 5.97 Å². The minimum absolute atomic E-state index is 0.0220. The van der Waals surface area contributed by atoms with Crippen LogP contribution in [-0.2, 0) is 9.63 Å². The third-order valence-electron chi connectivity index (χ3n) is 0.742. The Kier molecular flexibility index (Phi) is 1.35. The number of hydrogen-bond donors (Lipinski definition) is 2. The smallest absolute Gasteiger partial charge is 0.340 e. The van der Waals surface area contributed by atoms with Gasteiger partial charge in [-0.25, -0.2) is 4.79 Å². The molecule has 0 atom stereocenters. The maximum atomic E-state index is 10.1. The summed E-state index contributed by atoms with van der Waals surface area (Å²) >= 11 is 0. The lowest BCUT2D eigenvalue weighted by Gasteiger charge is -2.02. The predicted molar refractivity (Wildman–Crippen MR) is 28.4 cm³/mol. The maximum absolute atomic E-state index is 10.1. The van der Waals surface area contributed by atoms with Gasteiger partial charge in [0, 0.05) is 0 Å². The fourth-order valence-electron chi connectivity index (χ4n) is 0.352. The van der Waals surface area contributed by atoms with Gasteiger partial charge in [-0.3, -0.25) is 0 Å². The normalized spacial score (nSPS) is 15.3. The molecule has 5 nitrogen and oxygen atoms in total. The van der Waals surface area contributed by atoms with Crippen molar-refractivity contribution >= 4 is 12.2 Å². The van der Waals surface area contributed by atoms with E-state index in [0.29, 0.717) is 0 Å². The second-order valence-electron chi connectivity index (χ2n) is 1.35. The Morgan fingerprint density at radius 1 is 1.89 bits per heavy atom. The molecular formula is C4H4N2O3. The van der Waals surface area contributed by atoms with Crippen LogP contribution in [-0.4, -0.2) is 17.3 Å². The largest absolute Gasteiger partial charge is 0.478 e. The predicted octanol–water partition coefficient (Wildman–Crippen LogP) is -0.524. The summed E-state index contributed by atoms with van der Waals surface area (Å²) in [5, 5.41) is 11.6. The van der Waals surface area contributed by atoms with E-state index >= 15 is 0 Å². The summed E-state index contributed by atoms with van der Waals surface area (Å²) in [5.74, 6) is -1.06. The average molecular weight is 128 g/mol. The highest BCUT2D eigenvalue weighted by molar-refractivity contribution is 6.08. The van der Waals surface area contributed by atoms with Crippen molar-refractivity contribution in [3.05, 3.63) is 11.8 Å². The van der Waals surface area contributed by atoms with E-state index in [2.05, 4.69) is 15.5 Å². The zero-order chi connectivity index (χ0) is 6.69. The minimum atomic E-state index is -1.06. The van der Waals surface area contributed by atoms with Crippen molar-refractivity contribution < 1.29 is 14.7 Å². The van der Waals surface area contributed by atoms with Gasteiger partial charge in [-0.2, -0.15) is 5.10 Å². The van der Waals surface area contributed by atoms with Crippen LogP contribution in [0.4, 0.5) is 0 Å². The molecule has 2 N–H and O–H groups in total. The van der Waals surface area contributed by atoms with Gasteiger partial charge < -0.3 is 9.94 Å². The van der Waals surface area contributed by atoms with E-state index in [9.17, 15) is 4.79 Å². The zero-order valence-corrected chi connectivity index (χ0v) is 4.37. The molecule has 0 radical (unpaired) electrons. The van der Waals surface area contributed by atoms with E-state index in [1.807, 2.05) is 0 Å². The number of carboxylic acids is 1. The summed E-state index contributed by atoms with van der Waals surface area (Å²) in [5.41, 5.74) is 2.12. The molecule has 48 valence electrons. The maximum Gasteiger partial charge on any atom is 0.340 e. The van der Waals surface area contributed by atoms with Gasteiger partial charge in [-0.1, -0.05) is 0 Å². The summed E-state index contributed by atoms with van der Waals surface area (Å²) in [6.45, 7) is 0. The monoisotopic (exact) mass is 128 g/mol. The highest BCUT2D eigenvalue weighted by atomic mass is 16.7. The number of hydrogen-bond acceptors (Lipinski definition) is 4. The summed E-state index contributed by atoms with van der Waals surface area (Å²) in [6.07, 6.45) is 2.22.